The number of aliphatic hydroxyl groups is 1. The summed E-state index contributed by atoms with van der Waals surface area (Å²) >= 11 is 1.39. The van der Waals surface area contributed by atoms with Crippen LogP contribution >= 0.6 is 11.8 Å². The van der Waals surface area contributed by atoms with Crippen molar-refractivity contribution in [2.75, 3.05) is 25.2 Å². The molecular weight excluding hydrogens is 472 g/mol. The molecule has 15 nitrogen and oxygen atoms in total. The SMILES string of the molecule is CSCCC(NC(=O)C(N)CO)C(=O)NC(CC(N)=O)C(=O)NC(CCCN=C(N)N)C(=O)O. The molecule has 4 amide bonds. The summed E-state index contributed by atoms with van der Waals surface area (Å²) in [5.74, 6) is -4.53. The fraction of sp³-hybridized carbons (Fsp3) is 0.667. The lowest BCUT2D eigenvalue weighted by molar-refractivity contribution is -0.142. The first-order valence-electron chi connectivity index (χ1n) is 10.3. The average Bonchev–Trinajstić information content (AvgIpc) is 2.76. The molecule has 34 heavy (non-hydrogen) atoms. The van der Waals surface area contributed by atoms with Crippen molar-refractivity contribution in [3.8, 4) is 0 Å². The quantitative estimate of drug-likeness (QED) is 0.0515. The molecule has 0 aliphatic rings. The number of aliphatic imine (C=N–C) groups is 1. The number of amides is 4. The molecule has 4 atom stereocenters. The minimum Gasteiger partial charge on any atom is -0.480 e. The van der Waals surface area contributed by atoms with Gasteiger partial charge in [0.15, 0.2) is 5.96 Å². The number of aliphatic hydroxyl groups excluding tert-OH is 1. The van der Waals surface area contributed by atoms with Crippen molar-refractivity contribution < 1.29 is 34.2 Å². The molecule has 0 aliphatic heterocycles. The van der Waals surface area contributed by atoms with Crippen LogP contribution in [0.4, 0.5) is 0 Å². The number of hydrogen-bond donors (Lipinski definition) is 9. The van der Waals surface area contributed by atoms with E-state index < -0.39 is 66.8 Å². The molecule has 0 radical (unpaired) electrons. The van der Waals surface area contributed by atoms with Crippen LogP contribution in [0.2, 0.25) is 0 Å². The second-order valence-corrected chi connectivity index (χ2v) is 8.20. The third-order valence-corrected chi connectivity index (χ3v) is 5.02. The van der Waals surface area contributed by atoms with Crippen LogP contribution in [0.25, 0.3) is 0 Å². The number of carboxylic acid groups (broad SMARTS) is 1. The van der Waals surface area contributed by atoms with Crippen molar-refractivity contribution in [3.63, 3.8) is 0 Å². The van der Waals surface area contributed by atoms with Crippen LogP contribution in [0, 0.1) is 0 Å². The van der Waals surface area contributed by atoms with Gasteiger partial charge in [-0.15, -0.1) is 0 Å². The van der Waals surface area contributed by atoms with E-state index in [0.29, 0.717) is 5.75 Å². The summed E-state index contributed by atoms with van der Waals surface area (Å²) in [5, 5.41) is 25.3. The lowest BCUT2D eigenvalue weighted by Gasteiger charge is -2.24. The van der Waals surface area contributed by atoms with E-state index in [1.807, 2.05) is 0 Å². The summed E-state index contributed by atoms with van der Waals surface area (Å²) < 4.78 is 0. The third kappa shape index (κ3) is 12.8. The Bertz CT molecular complexity index is 748. The molecule has 0 aromatic heterocycles. The van der Waals surface area contributed by atoms with Gasteiger partial charge in [-0.25, -0.2) is 4.79 Å². The highest BCUT2D eigenvalue weighted by molar-refractivity contribution is 7.98. The van der Waals surface area contributed by atoms with Gasteiger partial charge in [-0.1, -0.05) is 0 Å². The first kappa shape index (κ1) is 30.9. The molecule has 0 fully saturated rings. The monoisotopic (exact) mass is 506 g/mol. The lowest BCUT2D eigenvalue weighted by atomic mass is 10.1. The Morgan fingerprint density at radius 2 is 1.47 bits per heavy atom. The number of nitrogens with one attached hydrogen (secondary N) is 3. The number of thioether (sulfide) groups is 1. The number of carboxylic acids is 1. The van der Waals surface area contributed by atoms with E-state index in [1.54, 1.807) is 6.26 Å². The molecule has 0 heterocycles. The Balaban J connectivity index is 5.39. The summed E-state index contributed by atoms with van der Waals surface area (Å²) in [5.41, 5.74) is 21.0. The molecule has 0 saturated heterocycles. The largest absolute Gasteiger partial charge is 0.480 e. The number of nitrogens with zero attached hydrogens (tertiary/aromatic N) is 1. The zero-order valence-electron chi connectivity index (χ0n) is 18.9. The predicted octanol–water partition coefficient (Wildman–Crippen LogP) is -4.47. The maximum Gasteiger partial charge on any atom is 0.326 e. The van der Waals surface area contributed by atoms with Gasteiger partial charge in [0.25, 0.3) is 0 Å². The topological polar surface area (TPSA) is 278 Å². The van der Waals surface area contributed by atoms with E-state index in [4.69, 9.17) is 28.0 Å². The number of guanidine groups is 1. The molecule has 0 rings (SSSR count). The van der Waals surface area contributed by atoms with Gasteiger partial charge >= 0.3 is 5.97 Å². The molecule has 0 aromatic carbocycles. The predicted molar refractivity (Wildman–Crippen MR) is 125 cm³/mol. The molecular formula is C18H34N8O7S. The highest BCUT2D eigenvalue weighted by atomic mass is 32.2. The zero-order valence-corrected chi connectivity index (χ0v) is 19.7. The van der Waals surface area contributed by atoms with Gasteiger partial charge in [-0.2, -0.15) is 11.8 Å². The number of nitrogens with two attached hydrogens (primary N) is 4. The first-order valence-corrected chi connectivity index (χ1v) is 11.6. The van der Waals surface area contributed by atoms with E-state index in [9.17, 15) is 29.1 Å². The molecule has 0 spiro atoms. The molecule has 16 heteroatoms. The van der Waals surface area contributed by atoms with Crippen LogP contribution in [0.3, 0.4) is 0 Å². The first-order chi connectivity index (χ1) is 15.9. The molecule has 0 aliphatic carbocycles. The molecule has 13 N–H and O–H groups in total. The Morgan fingerprint density at radius 3 is 1.97 bits per heavy atom. The van der Waals surface area contributed by atoms with Gasteiger partial charge in [-0.05, 0) is 31.3 Å². The van der Waals surface area contributed by atoms with E-state index in [2.05, 4.69) is 20.9 Å². The Hall–Kier alpha value is -3.11. The van der Waals surface area contributed by atoms with E-state index in [-0.39, 0.29) is 31.8 Å². The summed E-state index contributed by atoms with van der Waals surface area (Å²) in [7, 11) is 0. The summed E-state index contributed by atoms with van der Waals surface area (Å²) in [6, 6.07) is -5.23. The van der Waals surface area contributed by atoms with Gasteiger partial charge in [0, 0.05) is 6.54 Å². The fourth-order valence-corrected chi connectivity index (χ4v) is 3.05. The normalized spacial score (nSPS) is 14.1. The van der Waals surface area contributed by atoms with Gasteiger partial charge in [0.1, 0.15) is 24.2 Å². The van der Waals surface area contributed by atoms with Crippen LogP contribution in [0.1, 0.15) is 25.7 Å². The summed E-state index contributed by atoms with van der Waals surface area (Å²) in [6.45, 7) is -0.509. The molecule has 194 valence electrons. The van der Waals surface area contributed by atoms with Gasteiger partial charge in [0.2, 0.25) is 23.6 Å². The smallest absolute Gasteiger partial charge is 0.326 e. The van der Waals surface area contributed by atoms with Crippen LogP contribution < -0.4 is 38.9 Å². The average molecular weight is 507 g/mol. The standard InChI is InChI=1S/C18H34N8O7S/c1-34-6-4-10(24-14(29)9(19)8-27)15(30)26-12(7-13(20)28)16(31)25-11(17(32)33)3-2-5-23-18(21)22/h9-12,27H,2-8,19H2,1H3,(H2,20,28)(H,24,29)(H,25,31)(H,26,30)(H,32,33)(H4,21,22,23). The van der Waals surface area contributed by atoms with Gasteiger partial charge in [0.05, 0.1) is 13.0 Å². The summed E-state index contributed by atoms with van der Waals surface area (Å²) in [6.07, 6.45) is 1.52. The van der Waals surface area contributed by atoms with Crippen molar-refractivity contribution in [2.24, 2.45) is 27.9 Å². The Morgan fingerprint density at radius 1 is 0.912 bits per heavy atom. The lowest BCUT2D eigenvalue weighted by Crippen LogP contribution is -2.58. The van der Waals surface area contributed by atoms with Gasteiger partial charge < -0.3 is 49.1 Å². The van der Waals surface area contributed by atoms with Crippen LogP contribution in [0.15, 0.2) is 4.99 Å². The maximum atomic E-state index is 12.8. The second kappa shape index (κ2) is 16.5. The van der Waals surface area contributed by atoms with Crippen molar-refractivity contribution in [1.29, 1.82) is 0 Å². The minimum absolute atomic E-state index is 0.0272. The fourth-order valence-electron chi connectivity index (χ4n) is 2.58. The van der Waals surface area contributed by atoms with Crippen molar-refractivity contribution in [3.05, 3.63) is 0 Å². The van der Waals surface area contributed by atoms with Crippen molar-refractivity contribution >= 4 is 47.3 Å². The molecule has 0 saturated carbocycles. The molecule has 0 bridgehead atoms. The molecule has 0 aromatic rings. The van der Waals surface area contributed by atoms with E-state index >= 15 is 0 Å². The van der Waals surface area contributed by atoms with Crippen LogP contribution in [-0.4, -0.2) is 95.1 Å². The molecule has 4 unspecified atom stereocenters. The number of carbonyl (C=O) groups is 5. The van der Waals surface area contributed by atoms with Crippen molar-refractivity contribution in [2.45, 2.75) is 49.9 Å². The summed E-state index contributed by atoms with van der Waals surface area (Å²) in [4.78, 5) is 64.1. The minimum atomic E-state index is -1.50. The number of hydrogen-bond acceptors (Lipinski definition) is 9. The number of carbonyl (C=O) groups excluding carboxylic acids is 4. The zero-order chi connectivity index (χ0) is 26.3. The van der Waals surface area contributed by atoms with Gasteiger partial charge in [-0.3, -0.25) is 24.2 Å². The highest BCUT2D eigenvalue weighted by Crippen LogP contribution is 2.05. The Labute approximate surface area is 200 Å². The highest BCUT2D eigenvalue weighted by Gasteiger charge is 2.31. The number of aliphatic carboxylic acids is 1. The maximum absolute atomic E-state index is 12.8. The third-order valence-electron chi connectivity index (χ3n) is 4.38. The van der Waals surface area contributed by atoms with E-state index in [0.717, 1.165) is 0 Å². The number of rotatable bonds is 17. The second-order valence-electron chi connectivity index (χ2n) is 7.21. The van der Waals surface area contributed by atoms with Crippen LogP contribution in [-0.2, 0) is 24.0 Å². The van der Waals surface area contributed by atoms with Crippen LogP contribution in [0.5, 0.6) is 0 Å². The Kier molecular flexibility index (Phi) is 15.0. The number of primary amides is 1. The van der Waals surface area contributed by atoms with Crippen molar-refractivity contribution in [1.82, 2.24) is 16.0 Å². The van der Waals surface area contributed by atoms with E-state index in [1.165, 1.54) is 11.8 Å².